The Morgan fingerprint density at radius 2 is 2.00 bits per heavy atom. The monoisotopic (exact) mass is 297 g/mol. The second-order valence-corrected chi connectivity index (χ2v) is 5.64. The van der Waals surface area contributed by atoms with Gasteiger partial charge in [-0.25, -0.2) is 0 Å². The van der Waals surface area contributed by atoms with Crippen LogP contribution in [-0.4, -0.2) is 33.2 Å². The Kier molecular flexibility index (Phi) is 4.29. The highest BCUT2D eigenvalue weighted by Gasteiger charge is 2.14. The lowest BCUT2D eigenvalue weighted by molar-refractivity contribution is 0.479. The molecule has 17 heavy (non-hydrogen) atoms. The number of anilines is 2. The maximum absolute atomic E-state index is 3.66. The molecule has 0 amide bonds. The van der Waals surface area contributed by atoms with E-state index in [1.165, 1.54) is 24.2 Å². The molecule has 0 spiro atoms. The fraction of sp³-hybridized carbons (Fsp3) is 0.538. The summed E-state index contributed by atoms with van der Waals surface area (Å²) in [5, 5.41) is 7.05. The number of benzene rings is 1. The highest BCUT2D eigenvalue weighted by atomic mass is 79.9. The number of hydrogen-bond donors (Lipinski definition) is 2. The van der Waals surface area contributed by atoms with Crippen molar-refractivity contribution in [3.63, 3.8) is 0 Å². The van der Waals surface area contributed by atoms with Gasteiger partial charge in [-0.05, 0) is 44.1 Å². The van der Waals surface area contributed by atoms with Crippen LogP contribution in [0.4, 0.5) is 11.4 Å². The third-order valence-electron chi connectivity index (χ3n) is 3.14. The van der Waals surface area contributed by atoms with Gasteiger partial charge in [0.2, 0.25) is 0 Å². The summed E-state index contributed by atoms with van der Waals surface area (Å²) in [7, 11) is 4.16. The molecule has 0 aliphatic carbocycles. The molecular formula is C13H20BrN3. The summed E-state index contributed by atoms with van der Waals surface area (Å²) in [6.45, 7) is 2.23. The van der Waals surface area contributed by atoms with Gasteiger partial charge in [0.25, 0.3) is 0 Å². The third kappa shape index (κ3) is 3.36. The van der Waals surface area contributed by atoms with Crippen molar-refractivity contribution in [3.8, 4) is 0 Å². The lowest BCUT2D eigenvalue weighted by Crippen LogP contribution is -2.35. The molecule has 3 nitrogen and oxygen atoms in total. The quantitative estimate of drug-likeness (QED) is 0.898. The summed E-state index contributed by atoms with van der Waals surface area (Å²) < 4.78 is 1.12. The summed E-state index contributed by atoms with van der Waals surface area (Å²) in [5.41, 5.74) is 2.46. The number of halogens is 1. The van der Waals surface area contributed by atoms with Gasteiger partial charge in [-0.1, -0.05) is 15.9 Å². The molecule has 1 aromatic carbocycles. The van der Waals surface area contributed by atoms with Crippen molar-refractivity contribution < 1.29 is 0 Å². The third-order valence-corrected chi connectivity index (χ3v) is 3.63. The van der Waals surface area contributed by atoms with Crippen molar-refractivity contribution in [2.75, 3.05) is 37.4 Å². The van der Waals surface area contributed by atoms with E-state index in [0.717, 1.165) is 17.6 Å². The van der Waals surface area contributed by atoms with E-state index in [-0.39, 0.29) is 0 Å². The van der Waals surface area contributed by atoms with E-state index in [1.54, 1.807) is 0 Å². The number of hydrogen-bond acceptors (Lipinski definition) is 3. The first-order valence-corrected chi connectivity index (χ1v) is 6.90. The van der Waals surface area contributed by atoms with Gasteiger partial charge >= 0.3 is 0 Å². The summed E-state index contributed by atoms with van der Waals surface area (Å²) in [6.07, 6.45) is 2.39. The molecule has 1 fully saturated rings. The van der Waals surface area contributed by atoms with Gasteiger partial charge in [0.1, 0.15) is 0 Å². The van der Waals surface area contributed by atoms with E-state index in [1.807, 2.05) is 0 Å². The molecule has 4 heteroatoms. The van der Waals surface area contributed by atoms with Gasteiger partial charge in [0.05, 0.1) is 11.4 Å². The summed E-state index contributed by atoms with van der Waals surface area (Å²) in [6, 6.07) is 6.98. The molecule has 1 aliphatic heterocycles. The molecular weight excluding hydrogens is 278 g/mol. The zero-order chi connectivity index (χ0) is 12.3. The van der Waals surface area contributed by atoms with Crippen LogP contribution in [0.2, 0.25) is 0 Å². The zero-order valence-electron chi connectivity index (χ0n) is 10.5. The summed E-state index contributed by atoms with van der Waals surface area (Å²) in [5.74, 6) is 0. The van der Waals surface area contributed by atoms with Crippen molar-refractivity contribution in [2.45, 2.75) is 18.9 Å². The van der Waals surface area contributed by atoms with Gasteiger partial charge < -0.3 is 15.5 Å². The first-order valence-electron chi connectivity index (χ1n) is 6.11. The van der Waals surface area contributed by atoms with Crippen molar-refractivity contribution in [1.29, 1.82) is 0 Å². The van der Waals surface area contributed by atoms with E-state index in [4.69, 9.17) is 0 Å². The Morgan fingerprint density at radius 1 is 1.29 bits per heavy atom. The van der Waals surface area contributed by atoms with Crippen LogP contribution in [0.5, 0.6) is 0 Å². The van der Waals surface area contributed by atoms with Crippen LogP contribution < -0.4 is 15.5 Å². The largest absolute Gasteiger partial charge is 0.381 e. The molecule has 0 aromatic heterocycles. The molecule has 0 bridgehead atoms. The fourth-order valence-electron chi connectivity index (χ4n) is 2.20. The first-order chi connectivity index (χ1) is 8.16. The van der Waals surface area contributed by atoms with Crippen LogP contribution in [-0.2, 0) is 0 Å². The molecule has 0 saturated carbocycles. The van der Waals surface area contributed by atoms with Crippen molar-refractivity contribution in [1.82, 2.24) is 5.32 Å². The van der Waals surface area contributed by atoms with Crippen LogP contribution >= 0.6 is 15.9 Å². The topological polar surface area (TPSA) is 27.3 Å². The second-order valence-electron chi connectivity index (χ2n) is 4.72. The molecule has 0 unspecified atom stereocenters. The standard InChI is InChI=1S/C13H20BrN3/c1-17(2)13-4-3-10(14)9-12(13)16-11-5-7-15-8-6-11/h3-4,9,11,15-16H,5-8H2,1-2H3. The molecule has 1 aliphatic rings. The summed E-state index contributed by atoms with van der Waals surface area (Å²) >= 11 is 3.54. The predicted molar refractivity (Wildman–Crippen MR) is 78.0 cm³/mol. The van der Waals surface area contributed by atoms with E-state index < -0.39 is 0 Å². The Bertz CT molecular complexity index is 373. The van der Waals surface area contributed by atoms with Crippen LogP contribution in [0.1, 0.15) is 12.8 Å². The summed E-state index contributed by atoms with van der Waals surface area (Å²) in [4.78, 5) is 2.15. The second kappa shape index (κ2) is 5.74. The van der Waals surface area contributed by atoms with Crippen LogP contribution in [0.25, 0.3) is 0 Å². The van der Waals surface area contributed by atoms with E-state index in [0.29, 0.717) is 6.04 Å². The zero-order valence-corrected chi connectivity index (χ0v) is 12.0. The average Bonchev–Trinajstić information content (AvgIpc) is 2.30. The molecule has 2 N–H and O–H groups in total. The van der Waals surface area contributed by atoms with Crippen molar-refractivity contribution >= 4 is 27.3 Å². The molecule has 94 valence electrons. The first kappa shape index (κ1) is 12.7. The minimum absolute atomic E-state index is 0.587. The van der Waals surface area contributed by atoms with E-state index in [2.05, 4.69) is 63.8 Å². The van der Waals surface area contributed by atoms with E-state index >= 15 is 0 Å². The number of piperidine rings is 1. The Labute approximate surface area is 112 Å². The Morgan fingerprint density at radius 3 is 2.65 bits per heavy atom. The van der Waals surface area contributed by atoms with Crippen LogP contribution in [0.3, 0.4) is 0 Å². The minimum atomic E-state index is 0.587. The van der Waals surface area contributed by atoms with Gasteiger partial charge in [-0.15, -0.1) is 0 Å². The molecule has 1 saturated heterocycles. The smallest absolute Gasteiger partial charge is 0.0597 e. The molecule has 0 atom stereocenters. The van der Waals surface area contributed by atoms with Gasteiger partial charge in [0, 0.05) is 24.6 Å². The van der Waals surface area contributed by atoms with Gasteiger partial charge in [-0.2, -0.15) is 0 Å². The number of rotatable bonds is 3. The van der Waals surface area contributed by atoms with Crippen molar-refractivity contribution in [2.24, 2.45) is 0 Å². The highest BCUT2D eigenvalue weighted by molar-refractivity contribution is 9.10. The highest BCUT2D eigenvalue weighted by Crippen LogP contribution is 2.29. The molecule has 0 radical (unpaired) electrons. The molecule has 1 heterocycles. The lowest BCUT2D eigenvalue weighted by atomic mass is 10.1. The average molecular weight is 298 g/mol. The molecule has 2 rings (SSSR count). The Hall–Kier alpha value is -0.740. The predicted octanol–water partition coefficient (Wildman–Crippen LogP) is 2.68. The molecule has 1 aromatic rings. The normalized spacial score (nSPS) is 16.9. The van der Waals surface area contributed by atoms with Gasteiger partial charge in [0.15, 0.2) is 0 Å². The fourth-order valence-corrected chi connectivity index (χ4v) is 2.56. The van der Waals surface area contributed by atoms with Crippen LogP contribution in [0, 0.1) is 0 Å². The maximum Gasteiger partial charge on any atom is 0.0597 e. The number of nitrogens with zero attached hydrogens (tertiary/aromatic N) is 1. The SMILES string of the molecule is CN(C)c1ccc(Br)cc1NC1CCNCC1. The minimum Gasteiger partial charge on any atom is -0.381 e. The maximum atomic E-state index is 3.66. The lowest BCUT2D eigenvalue weighted by Gasteiger charge is -2.27. The number of nitrogens with one attached hydrogen (secondary N) is 2. The van der Waals surface area contributed by atoms with Crippen molar-refractivity contribution in [3.05, 3.63) is 22.7 Å². The van der Waals surface area contributed by atoms with E-state index in [9.17, 15) is 0 Å². The Balaban J connectivity index is 2.14. The van der Waals surface area contributed by atoms with Gasteiger partial charge in [-0.3, -0.25) is 0 Å². The van der Waals surface area contributed by atoms with Crippen LogP contribution in [0.15, 0.2) is 22.7 Å².